The Hall–Kier alpha value is -2.63. The van der Waals surface area contributed by atoms with Crippen molar-refractivity contribution in [3.05, 3.63) is 48.5 Å². The first-order valence-corrected chi connectivity index (χ1v) is 6.94. The van der Waals surface area contributed by atoms with Gasteiger partial charge in [0.15, 0.2) is 5.82 Å². The van der Waals surface area contributed by atoms with Crippen molar-refractivity contribution in [3.8, 4) is 11.4 Å². The van der Waals surface area contributed by atoms with Crippen molar-refractivity contribution >= 4 is 5.69 Å². The van der Waals surface area contributed by atoms with Crippen molar-refractivity contribution in [1.82, 2.24) is 25.0 Å². The van der Waals surface area contributed by atoms with Crippen LogP contribution in [0.25, 0.3) is 11.4 Å². The van der Waals surface area contributed by atoms with E-state index in [0.717, 1.165) is 29.4 Å². The van der Waals surface area contributed by atoms with Gasteiger partial charge in [0, 0.05) is 29.7 Å². The largest absolute Gasteiger partial charge is 0.381 e. The lowest BCUT2D eigenvalue weighted by Gasteiger charge is -2.15. The summed E-state index contributed by atoms with van der Waals surface area (Å²) >= 11 is 0. The molecule has 6 heteroatoms. The van der Waals surface area contributed by atoms with Crippen molar-refractivity contribution in [2.75, 3.05) is 5.32 Å². The van der Waals surface area contributed by atoms with E-state index in [2.05, 4.69) is 38.6 Å². The second kappa shape index (κ2) is 5.78. The van der Waals surface area contributed by atoms with Crippen LogP contribution in [0, 0.1) is 6.92 Å². The van der Waals surface area contributed by atoms with E-state index in [1.165, 1.54) is 0 Å². The zero-order valence-corrected chi connectivity index (χ0v) is 12.1. The van der Waals surface area contributed by atoms with Gasteiger partial charge >= 0.3 is 0 Å². The standard InChI is InChI=1S/C15H18N6/c1-11(10-21-8-4-7-16-21)17-14-6-3-5-13(9-14)15-18-12(2)19-20-15/h3-9,11,17H,10H2,1-2H3,(H,18,19,20)/t11-/m1/s1. The Morgan fingerprint density at radius 2 is 2.24 bits per heavy atom. The quantitative estimate of drug-likeness (QED) is 0.754. The topological polar surface area (TPSA) is 71.4 Å². The van der Waals surface area contributed by atoms with Crippen molar-refractivity contribution in [1.29, 1.82) is 0 Å². The smallest absolute Gasteiger partial charge is 0.181 e. The summed E-state index contributed by atoms with van der Waals surface area (Å²) in [7, 11) is 0. The predicted octanol–water partition coefficient (Wildman–Crippen LogP) is 2.48. The van der Waals surface area contributed by atoms with Gasteiger partial charge in [-0.25, -0.2) is 4.98 Å². The number of hydrogen-bond acceptors (Lipinski definition) is 4. The fraction of sp³-hybridized carbons (Fsp3) is 0.267. The number of nitrogens with zero attached hydrogens (tertiary/aromatic N) is 4. The first-order valence-electron chi connectivity index (χ1n) is 6.94. The Balaban J connectivity index is 1.71. The molecule has 2 heterocycles. The molecule has 0 amide bonds. The highest BCUT2D eigenvalue weighted by Gasteiger charge is 2.07. The third kappa shape index (κ3) is 3.28. The normalized spacial score (nSPS) is 12.3. The third-order valence-corrected chi connectivity index (χ3v) is 3.15. The molecule has 0 spiro atoms. The minimum atomic E-state index is 0.272. The lowest BCUT2D eigenvalue weighted by Crippen LogP contribution is -2.22. The minimum absolute atomic E-state index is 0.272. The summed E-state index contributed by atoms with van der Waals surface area (Å²) in [5, 5.41) is 14.7. The molecule has 3 aromatic rings. The van der Waals surface area contributed by atoms with Crippen LogP contribution in [0.1, 0.15) is 12.7 Å². The molecule has 0 radical (unpaired) electrons. The third-order valence-electron chi connectivity index (χ3n) is 3.15. The number of rotatable bonds is 5. The molecule has 0 aliphatic rings. The Morgan fingerprint density at radius 3 is 2.95 bits per heavy atom. The Bertz CT molecular complexity index is 701. The molecule has 21 heavy (non-hydrogen) atoms. The van der Waals surface area contributed by atoms with E-state index in [9.17, 15) is 0 Å². The highest BCUT2D eigenvalue weighted by molar-refractivity contribution is 5.62. The van der Waals surface area contributed by atoms with Gasteiger partial charge in [-0.05, 0) is 32.0 Å². The average Bonchev–Trinajstić information content (AvgIpc) is 3.10. The Labute approximate surface area is 123 Å². The zero-order chi connectivity index (χ0) is 14.7. The first-order chi connectivity index (χ1) is 10.2. The van der Waals surface area contributed by atoms with Gasteiger partial charge in [0.05, 0.1) is 6.54 Å². The van der Waals surface area contributed by atoms with E-state index in [1.54, 1.807) is 6.20 Å². The van der Waals surface area contributed by atoms with Crippen LogP contribution in [0.2, 0.25) is 0 Å². The molecular formula is C15H18N6. The molecule has 0 unspecified atom stereocenters. The van der Waals surface area contributed by atoms with Crippen LogP contribution in [0.3, 0.4) is 0 Å². The van der Waals surface area contributed by atoms with E-state index >= 15 is 0 Å². The maximum atomic E-state index is 4.35. The average molecular weight is 282 g/mol. The Kier molecular flexibility index (Phi) is 3.68. The van der Waals surface area contributed by atoms with Crippen LogP contribution in [0.5, 0.6) is 0 Å². The maximum absolute atomic E-state index is 4.35. The van der Waals surface area contributed by atoms with Gasteiger partial charge in [-0.1, -0.05) is 12.1 Å². The number of aromatic amines is 1. The van der Waals surface area contributed by atoms with Crippen LogP contribution >= 0.6 is 0 Å². The highest BCUT2D eigenvalue weighted by atomic mass is 15.3. The molecule has 1 atom stereocenters. The highest BCUT2D eigenvalue weighted by Crippen LogP contribution is 2.19. The predicted molar refractivity (Wildman–Crippen MR) is 81.9 cm³/mol. The molecule has 6 nitrogen and oxygen atoms in total. The van der Waals surface area contributed by atoms with Crippen molar-refractivity contribution < 1.29 is 0 Å². The number of nitrogens with one attached hydrogen (secondary N) is 2. The van der Waals surface area contributed by atoms with E-state index in [0.29, 0.717) is 0 Å². The van der Waals surface area contributed by atoms with Crippen LogP contribution in [-0.2, 0) is 6.54 Å². The van der Waals surface area contributed by atoms with E-state index in [4.69, 9.17) is 0 Å². The van der Waals surface area contributed by atoms with Gasteiger partial charge in [0.1, 0.15) is 5.82 Å². The number of aryl methyl sites for hydroxylation is 1. The van der Waals surface area contributed by atoms with Crippen molar-refractivity contribution in [2.45, 2.75) is 26.4 Å². The molecule has 0 aliphatic carbocycles. The monoisotopic (exact) mass is 282 g/mol. The zero-order valence-electron chi connectivity index (χ0n) is 12.1. The summed E-state index contributed by atoms with van der Waals surface area (Å²) in [6.45, 7) is 4.84. The van der Waals surface area contributed by atoms with Crippen LogP contribution in [0.15, 0.2) is 42.7 Å². The number of hydrogen-bond donors (Lipinski definition) is 2. The van der Waals surface area contributed by atoms with Gasteiger partial charge < -0.3 is 5.32 Å². The molecule has 2 aromatic heterocycles. The Morgan fingerprint density at radius 1 is 1.33 bits per heavy atom. The maximum Gasteiger partial charge on any atom is 0.181 e. The molecule has 0 bridgehead atoms. The summed E-state index contributed by atoms with van der Waals surface area (Å²) in [5.74, 6) is 1.53. The number of H-pyrrole nitrogens is 1. The van der Waals surface area contributed by atoms with Crippen LogP contribution < -0.4 is 5.32 Å². The van der Waals surface area contributed by atoms with E-state index in [-0.39, 0.29) is 6.04 Å². The number of benzene rings is 1. The lowest BCUT2D eigenvalue weighted by molar-refractivity contribution is 0.561. The minimum Gasteiger partial charge on any atom is -0.381 e. The molecule has 1 aromatic carbocycles. The van der Waals surface area contributed by atoms with E-state index < -0.39 is 0 Å². The molecule has 3 rings (SSSR count). The van der Waals surface area contributed by atoms with Gasteiger partial charge in [-0.15, -0.1) is 0 Å². The summed E-state index contributed by atoms with van der Waals surface area (Å²) in [6, 6.07) is 10.3. The van der Waals surface area contributed by atoms with Crippen LogP contribution in [0.4, 0.5) is 5.69 Å². The second-order valence-electron chi connectivity index (χ2n) is 5.10. The summed E-state index contributed by atoms with van der Waals surface area (Å²) < 4.78 is 1.92. The fourth-order valence-electron chi connectivity index (χ4n) is 2.24. The second-order valence-corrected chi connectivity index (χ2v) is 5.10. The summed E-state index contributed by atoms with van der Waals surface area (Å²) in [6.07, 6.45) is 3.75. The first kappa shape index (κ1) is 13.4. The molecule has 2 N–H and O–H groups in total. The van der Waals surface area contributed by atoms with E-state index in [1.807, 2.05) is 42.1 Å². The molecule has 0 aliphatic heterocycles. The summed E-state index contributed by atoms with van der Waals surface area (Å²) in [4.78, 5) is 4.35. The number of aromatic nitrogens is 5. The lowest BCUT2D eigenvalue weighted by atomic mass is 10.2. The molecule has 0 saturated carbocycles. The van der Waals surface area contributed by atoms with Gasteiger partial charge in [0.2, 0.25) is 0 Å². The summed E-state index contributed by atoms with van der Waals surface area (Å²) in [5.41, 5.74) is 2.05. The van der Waals surface area contributed by atoms with Crippen LogP contribution in [-0.4, -0.2) is 31.0 Å². The number of anilines is 1. The molecule has 0 saturated heterocycles. The fourth-order valence-corrected chi connectivity index (χ4v) is 2.24. The molecule has 0 fully saturated rings. The van der Waals surface area contributed by atoms with Gasteiger partial charge in [0.25, 0.3) is 0 Å². The van der Waals surface area contributed by atoms with Crippen molar-refractivity contribution in [2.24, 2.45) is 0 Å². The van der Waals surface area contributed by atoms with Gasteiger partial charge in [-0.3, -0.25) is 9.78 Å². The van der Waals surface area contributed by atoms with Crippen molar-refractivity contribution in [3.63, 3.8) is 0 Å². The molecular weight excluding hydrogens is 264 g/mol. The van der Waals surface area contributed by atoms with Gasteiger partial charge in [-0.2, -0.15) is 10.2 Å². The SMILES string of the molecule is Cc1nc(-c2cccc(N[C@H](C)Cn3cccn3)c2)n[nH]1. The molecule has 108 valence electrons.